The normalized spacial score (nSPS) is 17.0. The van der Waals surface area contributed by atoms with Crippen LogP contribution < -0.4 is 10.6 Å². The summed E-state index contributed by atoms with van der Waals surface area (Å²) in [7, 11) is 1.28. The van der Waals surface area contributed by atoms with Crippen LogP contribution in [0.3, 0.4) is 0 Å². The minimum Gasteiger partial charge on any atom is -0.468 e. The number of methoxy groups -OCH3 is 1. The van der Waals surface area contributed by atoms with Crippen LogP contribution in [-0.4, -0.2) is 38.3 Å². The lowest BCUT2D eigenvalue weighted by Crippen LogP contribution is -2.40. The minimum atomic E-state index is -0.905. The molecule has 0 radical (unpaired) electrons. The molecular formula is C14H15N5O5. The zero-order chi connectivity index (χ0) is 18.1. The number of ether oxygens (including phenoxy) is 3. The second kappa shape index (κ2) is 8.80. The third-order valence-electron chi connectivity index (χ3n) is 2.55. The third-order valence-corrected chi connectivity index (χ3v) is 2.55. The molecule has 10 nitrogen and oxygen atoms in total. The predicted octanol–water partition coefficient (Wildman–Crippen LogP) is -0.222. The first-order valence-electron chi connectivity index (χ1n) is 6.81. The van der Waals surface area contributed by atoms with Gasteiger partial charge in [-0.3, -0.25) is 5.32 Å². The van der Waals surface area contributed by atoms with Gasteiger partial charge in [0, 0.05) is 0 Å². The highest BCUT2D eigenvalue weighted by Crippen LogP contribution is 2.14. The van der Waals surface area contributed by atoms with Crippen LogP contribution in [0.4, 0.5) is 0 Å². The van der Waals surface area contributed by atoms with Crippen LogP contribution in [0, 0.1) is 22.7 Å². The van der Waals surface area contributed by atoms with Crippen molar-refractivity contribution in [2.75, 3.05) is 20.3 Å². The molecule has 0 atom stereocenters. The van der Waals surface area contributed by atoms with E-state index in [0.29, 0.717) is 0 Å². The summed E-state index contributed by atoms with van der Waals surface area (Å²) in [5, 5.41) is 23.4. The number of hydrogen-bond donors (Lipinski definition) is 2. The van der Waals surface area contributed by atoms with Crippen molar-refractivity contribution in [2.24, 2.45) is 4.99 Å². The van der Waals surface area contributed by atoms with Crippen LogP contribution >= 0.6 is 0 Å². The van der Waals surface area contributed by atoms with Crippen molar-refractivity contribution in [3.05, 3.63) is 22.8 Å². The van der Waals surface area contributed by atoms with Crippen LogP contribution in [0.25, 0.3) is 0 Å². The van der Waals surface area contributed by atoms with Gasteiger partial charge in [-0.15, -0.1) is 0 Å². The summed E-state index contributed by atoms with van der Waals surface area (Å²) in [5.74, 6) is -2.15. The Bertz CT molecular complexity index is 708. The van der Waals surface area contributed by atoms with Crippen molar-refractivity contribution in [2.45, 2.75) is 13.8 Å². The van der Waals surface area contributed by atoms with Gasteiger partial charge in [0.2, 0.25) is 0 Å². The average Bonchev–Trinajstić information content (AvgIpc) is 2.56. The molecule has 10 heteroatoms. The molecule has 0 aromatic heterocycles. The summed E-state index contributed by atoms with van der Waals surface area (Å²) < 4.78 is 14.5. The molecule has 1 rings (SSSR count). The van der Waals surface area contributed by atoms with Gasteiger partial charge in [-0.05, 0) is 13.8 Å². The Balaban J connectivity index is 3.41. The Morgan fingerprint density at radius 3 is 2.04 bits per heavy atom. The third kappa shape index (κ3) is 4.24. The van der Waals surface area contributed by atoms with E-state index in [1.54, 1.807) is 26.0 Å². The van der Waals surface area contributed by atoms with Crippen molar-refractivity contribution in [3.8, 4) is 12.1 Å². The van der Waals surface area contributed by atoms with Gasteiger partial charge >= 0.3 is 11.9 Å². The van der Waals surface area contributed by atoms with Gasteiger partial charge in [0.15, 0.2) is 17.0 Å². The van der Waals surface area contributed by atoms with E-state index in [0.717, 1.165) is 0 Å². The van der Waals surface area contributed by atoms with Crippen molar-refractivity contribution < 1.29 is 23.8 Å². The Labute approximate surface area is 138 Å². The predicted molar refractivity (Wildman–Crippen MR) is 79.3 cm³/mol. The zero-order valence-corrected chi connectivity index (χ0v) is 13.3. The summed E-state index contributed by atoms with van der Waals surface area (Å²) in [6, 6.07) is 3.21. The number of rotatable bonds is 4. The van der Waals surface area contributed by atoms with Gasteiger partial charge in [-0.2, -0.15) is 15.5 Å². The second-order valence-electron chi connectivity index (χ2n) is 4.01. The van der Waals surface area contributed by atoms with Gasteiger partial charge in [0.1, 0.15) is 18.0 Å². The first-order chi connectivity index (χ1) is 11.5. The molecule has 1 heterocycles. The van der Waals surface area contributed by atoms with Crippen molar-refractivity contribution in [1.29, 1.82) is 10.5 Å². The van der Waals surface area contributed by atoms with E-state index in [4.69, 9.17) is 24.7 Å². The molecule has 0 bridgehead atoms. The molecule has 24 heavy (non-hydrogen) atoms. The molecule has 0 fully saturated rings. The molecule has 0 unspecified atom stereocenters. The van der Waals surface area contributed by atoms with Crippen LogP contribution in [-0.2, 0) is 23.8 Å². The molecule has 0 amide bonds. The average molecular weight is 333 g/mol. The smallest absolute Gasteiger partial charge is 0.352 e. The number of nitrogens with one attached hydrogen (secondary N) is 2. The molecule has 0 aromatic carbocycles. The highest BCUT2D eigenvalue weighted by atomic mass is 16.5. The molecular weight excluding hydrogens is 318 g/mol. The minimum absolute atomic E-state index is 0.0609. The Kier molecular flexibility index (Phi) is 6.79. The zero-order valence-electron chi connectivity index (χ0n) is 13.3. The number of esters is 2. The first kappa shape index (κ1) is 18.5. The number of nitriles is 2. The van der Waals surface area contributed by atoms with Gasteiger partial charge in [0.25, 0.3) is 6.02 Å². The van der Waals surface area contributed by atoms with Gasteiger partial charge in [0.05, 0.1) is 20.3 Å². The maximum Gasteiger partial charge on any atom is 0.352 e. The van der Waals surface area contributed by atoms with E-state index >= 15 is 0 Å². The lowest BCUT2D eigenvalue weighted by Gasteiger charge is -2.21. The standard InChI is InChI=1S/C14H15N5O5/c1-4-23-12(20)8(6-15)10-17-11(19-14(18-10)22-3)9(7-16)13(21)24-5-2/h17H,4-5H2,1-3H3,(H,18,19)/b10-8+,11-9+. The first-order valence-corrected chi connectivity index (χ1v) is 6.81. The molecule has 0 saturated heterocycles. The van der Waals surface area contributed by atoms with Crippen molar-refractivity contribution in [1.82, 2.24) is 10.6 Å². The van der Waals surface area contributed by atoms with E-state index in [9.17, 15) is 9.59 Å². The lowest BCUT2D eigenvalue weighted by atomic mass is 10.2. The fraction of sp³-hybridized carbons (Fsp3) is 0.357. The number of carbonyl (C=O) groups is 2. The molecule has 1 aliphatic rings. The van der Waals surface area contributed by atoms with Crippen LogP contribution in [0.5, 0.6) is 0 Å². The van der Waals surface area contributed by atoms with E-state index in [1.165, 1.54) is 7.11 Å². The summed E-state index contributed by atoms with van der Waals surface area (Å²) in [6.07, 6.45) is 0. The topological polar surface area (TPSA) is 146 Å². The number of aliphatic imine (C=N–C) groups is 1. The summed E-state index contributed by atoms with van der Waals surface area (Å²) in [6.45, 7) is 3.29. The molecule has 2 N–H and O–H groups in total. The number of nitrogens with zero attached hydrogens (tertiary/aromatic N) is 3. The Hall–Kier alpha value is -3.53. The summed E-state index contributed by atoms with van der Waals surface area (Å²) in [5.41, 5.74) is -0.841. The summed E-state index contributed by atoms with van der Waals surface area (Å²) in [4.78, 5) is 27.5. The van der Waals surface area contributed by atoms with E-state index in [-0.39, 0.29) is 30.9 Å². The maximum atomic E-state index is 11.8. The number of amidine groups is 1. The Morgan fingerprint density at radius 2 is 1.58 bits per heavy atom. The van der Waals surface area contributed by atoms with Crippen molar-refractivity contribution >= 4 is 18.0 Å². The molecule has 1 aliphatic heterocycles. The van der Waals surface area contributed by atoms with Gasteiger partial charge < -0.3 is 19.5 Å². The quantitative estimate of drug-likeness (QED) is 0.405. The highest BCUT2D eigenvalue weighted by Gasteiger charge is 2.26. The van der Waals surface area contributed by atoms with E-state index in [2.05, 4.69) is 15.6 Å². The fourth-order valence-corrected chi connectivity index (χ4v) is 1.56. The molecule has 0 spiro atoms. The van der Waals surface area contributed by atoms with E-state index < -0.39 is 23.1 Å². The summed E-state index contributed by atoms with van der Waals surface area (Å²) >= 11 is 0. The second-order valence-corrected chi connectivity index (χ2v) is 4.01. The monoisotopic (exact) mass is 333 g/mol. The van der Waals surface area contributed by atoms with Crippen LogP contribution in [0.15, 0.2) is 27.8 Å². The van der Waals surface area contributed by atoms with Gasteiger partial charge in [-0.25, -0.2) is 9.59 Å². The SMILES string of the molecule is CCOC(=O)/C(C#N)=C1/N=C(OC)N/C(=C(\C#N)C(=O)OCC)N1. The Morgan fingerprint density at radius 1 is 1.04 bits per heavy atom. The molecule has 0 aliphatic carbocycles. The molecule has 0 aromatic rings. The van der Waals surface area contributed by atoms with Crippen LogP contribution in [0.2, 0.25) is 0 Å². The largest absolute Gasteiger partial charge is 0.468 e. The lowest BCUT2D eigenvalue weighted by molar-refractivity contribution is -0.138. The molecule has 0 saturated carbocycles. The number of carbonyl (C=O) groups excluding carboxylic acids is 2. The fourth-order valence-electron chi connectivity index (χ4n) is 1.56. The van der Waals surface area contributed by atoms with Gasteiger partial charge in [-0.1, -0.05) is 0 Å². The highest BCUT2D eigenvalue weighted by molar-refractivity contribution is 5.96. The van der Waals surface area contributed by atoms with E-state index in [1.807, 2.05) is 0 Å². The van der Waals surface area contributed by atoms with Crippen LogP contribution in [0.1, 0.15) is 13.8 Å². The van der Waals surface area contributed by atoms with Crippen molar-refractivity contribution in [3.63, 3.8) is 0 Å². The maximum absolute atomic E-state index is 11.8. The number of hydrogen-bond acceptors (Lipinski definition) is 10. The molecule has 126 valence electrons.